The van der Waals surface area contributed by atoms with Crippen LogP contribution in [0.5, 0.6) is 0 Å². The first-order chi connectivity index (χ1) is 15.1. The minimum atomic E-state index is 0.0786. The SMILES string of the molecule is C[C@@H]1CC[C@H](C(=O)Cc2cc(-c3cccc(NCC4CCOCC4)c3)c(Cl)cn2)CN1. The van der Waals surface area contributed by atoms with Gasteiger partial charge in [-0.15, -0.1) is 0 Å². The first-order valence-electron chi connectivity index (χ1n) is 11.4. The molecule has 3 heterocycles. The van der Waals surface area contributed by atoms with Gasteiger partial charge in [-0.2, -0.15) is 0 Å². The quantitative estimate of drug-likeness (QED) is 0.649. The van der Waals surface area contributed by atoms with E-state index >= 15 is 0 Å². The molecule has 0 amide bonds. The van der Waals surface area contributed by atoms with E-state index in [1.807, 2.05) is 12.1 Å². The molecule has 166 valence electrons. The van der Waals surface area contributed by atoms with Crippen LogP contribution in [-0.2, 0) is 16.0 Å². The van der Waals surface area contributed by atoms with Gasteiger partial charge in [-0.25, -0.2) is 0 Å². The van der Waals surface area contributed by atoms with Crippen molar-refractivity contribution in [3.63, 3.8) is 0 Å². The summed E-state index contributed by atoms with van der Waals surface area (Å²) in [6.45, 7) is 5.60. The van der Waals surface area contributed by atoms with Gasteiger partial charge in [0.05, 0.1) is 5.02 Å². The molecule has 2 saturated heterocycles. The highest BCUT2D eigenvalue weighted by molar-refractivity contribution is 6.33. The molecule has 0 saturated carbocycles. The zero-order chi connectivity index (χ0) is 21.6. The van der Waals surface area contributed by atoms with E-state index in [2.05, 4.69) is 40.7 Å². The lowest BCUT2D eigenvalue weighted by molar-refractivity contribution is -0.122. The number of nitrogens with one attached hydrogen (secondary N) is 2. The van der Waals surface area contributed by atoms with Crippen molar-refractivity contribution in [1.29, 1.82) is 0 Å². The smallest absolute Gasteiger partial charge is 0.143 e. The molecule has 0 bridgehead atoms. The average Bonchev–Trinajstić information content (AvgIpc) is 2.80. The summed E-state index contributed by atoms with van der Waals surface area (Å²) in [5, 5.41) is 7.58. The van der Waals surface area contributed by atoms with Crippen LogP contribution in [-0.4, -0.2) is 43.1 Å². The second-order valence-corrected chi connectivity index (χ2v) is 9.31. The first kappa shape index (κ1) is 22.3. The third-order valence-electron chi connectivity index (χ3n) is 6.49. The highest BCUT2D eigenvalue weighted by Gasteiger charge is 2.24. The van der Waals surface area contributed by atoms with Crippen LogP contribution in [0.1, 0.15) is 38.3 Å². The number of piperidine rings is 1. The molecule has 6 heteroatoms. The highest BCUT2D eigenvalue weighted by atomic mass is 35.5. The Kier molecular flexibility index (Phi) is 7.59. The van der Waals surface area contributed by atoms with Crippen molar-refractivity contribution in [2.24, 2.45) is 11.8 Å². The molecule has 1 aromatic carbocycles. The van der Waals surface area contributed by atoms with E-state index in [-0.39, 0.29) is 11.7 Å². The lowest BCUT2D eigenvalue weighted by Gasteiger charge is -2.26. The number of hydrogen-bond donors (Lipinski definition) is 2. The van der Waals surface area contributed by atoms with Crippen molar-refractivity contribution in [1.82, 2.24) is 10.3 Å². The molecule has 0 unspecified atom stereocenters. The molecule has 1 aromatic heterocycles. The summed E-state index contributed by atoms with van der Waals surface area (Å²) in [7, 11) is 0. The Morgan fingerprint density at radius 2 is 2.06 bits per heavy atom. The van der Waals surface area contributed by atoms with Gasteiger partial charge in [0.25, 0.3) is 0 Å². The van der Waals surface area contributed by atoms with Gasteiger partial charge in [0.2, 0.25) is 0 Å². The number of Topliss-reactive ketones (excluding diaryl/α,β-unsaturated/α-hetero) is 1. The maximum absolute atomic E-state index is 12.8. The van der Waals surface area contributed by atoms with E-state index in [0.717, 1.165) is 74.5 Å². The van der Waals surface area contributed by atoms with E-state index < -0.39 is 0 Å². The Morgan fingerprint density at radius 1 is 1.23 bits per heavy atom. The number of pyridine rings is 1. The molecule has 0 radical (unpaired) electrons. The van der Waals surface area contributed by atoms with Gasteiger partial charge >= 0.3 is 0 Å². The van der Waals surface area contributed by atoms with Crippen LogP contribution in [0.3, 0.4) is 0 Å². The molecule has 2 aliphatic rings. The Bertz CT molecular complexity index is 890. The van der Waals surface area contributed by atoms with Gasteiger partial charge in [0.15, 0.2) is 0 Å². The summed E-state index contributed by atoms with van der Waals surface area (Å²) in [5.74, 6) is 0.985. The van der Waals surface area contributed by atoms with Crippen LogP contribution in [0.15, 0.2) is 36.5 Å². The maximum Gasteiger partial charge on any atom is 0.143 e. The molecule has 0 aliphatic carbocycles. The van der Waals surface area contributed by atoms with E-state index in [9.17, 15) is 4.79 Å². The number of ketones is 1. The molecule has 31 heavy (non-hydrogen) atoms. The van der Waals surface area contributed by atoms with Crippen LogP contribution in [0.4, 0.5) is 5.69 Å². The first-order valence-corrected chi connectivity index (χ1v) is 11.8. The third-order valence-corrected chi connectivity index (χ3v) is 6.79. The van der Waals surface area contributed by atoms with E-state index in [0.29, 0.717) is 23.4 Å². The minimum Gasteiger partial charge on any atom is -0.385 e. The molecule has 2 atom stereocenters. The van der Waals surface area contributed by atoms with Crippen molar-refractivity contribution in [2.45, 2.75) is 45.1 Å². The second-order valence-electron chi connectivity index (χ2n) is 8.90. The van der Waals surface area contributed by atoms with E-state index in [1.54, 1.807) is 6.20 Å². The number of anilines is 1. The number of carbonyl (C=O) groups is 1. The minimum absolute atomic E-state index is 0.0786. The summed E-state index contributed by atoms with van der Waals surface area (Å²) in [6.07, 6.45) is 6.23. The summed E-state index contributed by atoms with van der Waals surface area (Å²) in [4.78, 5) is 17.2. The van der Waals surface area contributed by atoms with Crippen molar-refractivity contribution < 1.29 is 9.53 Å². The van der Waals surface area contributed by atoms with Gasteiger partial charge in [0.1, 0.15) is 5.78 Å². The Hall–Kier alpha value is -1.95. The molecule has 2 aliphatic heterocycles. The van der Waals surface area contributed by atoms with E-state index in [1.165, 1.54) is 0 Å². The van der Waals surface area contributed by atoms with Crippen molar-refractivity contribution in [3.8, 4) is 11.1 Å². The number of nitrogens with zero attached hydrogens (tertiary/aromatic N) is 1. The summed E-state index contributed by atoms with van der Waals surface area (Å²) in [6, 6.07) is 10.8. The fraction of sp³-hybridized carbons (Fsp3) is 0.520. The van der Waals surface area contributed by atoms with Gasteiger partial charge < -0.3 is 15.4 Å². The van der Waals surface area contributed by atoms with Crippen LogP contribution in [0.25, 0.3) is 11.1 Å². The van der Waals surface area contributed by atoms with Gasteiger partial charge in [-0.3, -0.25) is 9.78 Å². The fourth-order valence-corrected chi connectivity index (χ4v) is 4.62. The number of hydrogen-bond acceptors (Lipinski definition) is 5. The Balaban J connectivity index is 1.43. The predicted molar refractivity (Wildman–Crippen MR) is 126 cm³/mol. The predicted octanol–water partition coefficient (Wildman–Crippen LogP) is 4.74. The Labute approximate surface area is 189 Å². The molecular formula is C25H32ClN3O2. The molecule has 0 spiro atoms. The lowest BCUT2D eigenvalue weighted by Crippen LogP contribution is -2.40. The van der Waals surface area contributed by atoms with Crippen LogP contribution in [0.2, 0.25) is 5.02 Å². The van der Waals surface area contributed by atoms with Gasteiger partial charge in [0, 0.05) is 67.8 Å². The molecule has 2 N–H and O–H groups in total. The lowest BCUT2D eigenvalue weighted by atomic mass is 9.89. The number of carbonyl (C=O) groups excluding carboxylic acids is 1. The topological polar surface area (TPSA) is 63.2 Å². The standard InChI is InChI=1S/C25H32ClN3O2/c1-17-5-6-20(15-27-17)25(30)13-22-12-23(24(26)16-29-22)19-3-2-4-21(11-19)28-14-18-7-9-31-10-8-18/h2-4,11-12,16-18,20,27-28H,5-10,13-15H2,1H3/t17-,20+/m1/s1. The maximum atomic E-state index is 12.8. The average molecular weight is 442 g/mol. The zero-order valence-corrected chi connectivity index (χ0v) is 19.0. The van der Waals surface area contributed by atoms with Gasteiger partial charge in [-0.1, -0.05) is 23.7 Å². The highest BCUT2D eigenvalue weighted by Crippen LogP contribution is 2.30. The molecule has 5 nitrogen and oxygen atoms in total. The Morgan fingerprint density at radius 3 is 2.84 bits per heavy atom. The van der Waals surface area contributed by atoms with Crippen LogP contribution >= 0.6 is 11.6 Å². The largest absolute Gasteiger partial charge is 0.385 e. The normalized spacial score (nSPS) is 22.3. The number of halogens is 1. The van der Waals surface area contributed by atoms with Crippen molar-refractivity contribution >= 4 is 23.1 Å². The van der Waals surface area contributed by atoms with Crippen molar-refractivity contribution in [3.05, 3.63) is 47.2 Å². The number of rotatable bonds is 7. The molecule has 2 aromatic rings. The number of benzene rings is 1. The van der Waals surface area contributed by atoms with Crippen molar-refractivity contribution in [2.75, 3.05) is 31.6 Å². The number of ether oxygens (including phenoxy) is 1. The molecule has 4 rings (SSSR count). The molecule has 2 fully saturated rings. The molecular weight excluding hydrogens is 410 g/mol. The van der Waals surface area contributed by atoms with Crippen LogP contribution in [0, 0.1) is 11.8 Å². The monoisotopic (exact) mass is 441 g/mol. The van der Waals surface area contributed by atoms with Crippen LogP contribution < -0.4 is 10.6 Å². The summed E-state index contributed by atoms with van der Waals surface area (Å²) < 4.78 is 5.45. The number of aromatic nitrogens is 1. The zero-order valence-electron chi connectivity index (χ0n) is 18.2. The summed E-state index contributed by atoms with van der Waals surface area (Å²) >= 11 is 6.49. The van der Waals surface area contributed by atoms with Gasteiger partial charge in [-0.05, 0) is 62.3 Å². The third kappa shape index (κ3) is 6.06. The fourth-order valence-electron chi connectivity index (χ4n) is 4.41. The second kappa shape index (κ2) is 10.6. The summed E-state index contributed by atoms with van der Waals surface area (Å²) in [5.41, 5.74) is 3.82. The van der Waals surface area contributed by atoms with E-state index in [4.69, 9.17) is 16.3 Å².